The molecule has 23 heavy (non-hydrogen) atoms. The molecule has 2 heterocycles. The fourth-order valence-corrected chi connectivity index (χ4v) is 3.38. The number of hydrogen-bond donors (Lipinski definition) is 1. The van der Waals surface area contributed by atoms with Gasteiger partial charge in [0.15, 0.2) is 16.6 Å². The van der Waals surface area contributed by atoms with E-state index in [1.165, 1.54) is 22.5 Å². The number of aromatic nitrogens is 1. The second-order valence-electron chi connectivity index (χ2n) is 5.45. The third kappa shape index (κ3) is 2.51. The summed E-state index contributed by atoms with van der Waals surface area (Å²) in [6, 6.07) is 9.27. The lowest BCUT2D eigenvalue weighted by Crippen LogP contribution is -2.11. The topological polar surface area (TPSA) is 60.5 Å². The normalized spacial score (nSPS) is 12.6. The first kappa shape index (κ1) is 14.0. The number of amides is 1. The van der Waals surface area contributed by atoms with Gasteiger partial charge in [0.1, 0.15) is 0 Å². The Labute approximate surface area is 136 Å². The van der Waals surface area contributed by atoms with Crippen molar-refractivity contribution in [1.82, 2.24) is 4.98 Å². The molecule has 0 atom stereocenters. The molecule has 116 valence electrons. The molecule has 1 amide bonds. The highest BCUT2D eigenvalue weighted by Gasteiger charge is 2.17. The molecule has 0 bridgehead atoms. The van der Waals surface area contributed by atoms with E-state index < -0.39 is 0 Å². The standard InChI is InChI=1S/C17H14N2O3S/c1-9-5-12-15(6-10(9)2)23-17(18-12)19-16(20)11-3-4-13-14(7-11)22-8-21-13/h3-7H,8H2,1-2H3,(H,18,19,20). The van der Waals surface area contributed by atoms with Crippen molar-refractivity contribution in [3.05, 3.63) is 47.0 Å². The van der Waals surface area contributed by atoms with E-state index in [0.29, 0.717) is 22.2 Å². The average Bonchev–Trinajstić information content (AvgIpc) is 3.13. The van der Waals surface area contributed by atoms with Crippen LogP contribution in [0.25, 0.3) is 10.2 Å². The summed E-state index contributed by atoms with van der Waals surface area (Å²) in [4.78, 5) is 16.9. The number of nitrogens with one attached hydrogen (secondary N) is 1. The van der Waals surface area contributed by atoms with Crippen LogP contribution in [-0.4, -0.2) is 17.7 Å². The summed E-state index contributed by atoms with van der Waals surface area (Å²) in [7, 11) is 0. The summed E-state index contributed by atoms with van der Waals surface area (Å²) < 4.78 is 11.6. The molecule has 0 aliphatic carbocycles. The molecule has 3 aromatic rings. The van der Waals surface area contributed by atoms with Crippen molar-refractivity contribution < 1.29 is 14.3 Å². The Hall–Kier alpha value is -2.60. The minimum atomic E-state index is -0.212. The van der Waals surface area contributed by atoms with Gasteiger partial charge in [0, 0.05) is 5.56 Å². The number of thiazole rings is 1. The summed E-state index contributed by atoms with van der Waals surface area (Å²) in [6.07, 6.45) is 0. The van der Waals surface area contributed by atoms with Crippen LogP contribution in [0, 0.1) is 13.8 Å². The zero-order valence-corrected chi connectivity index (χ0v) is 13.5. The molecule has 5 nitrogen and oxygen atoms in total. The molecule has 1 aliphatic heterocycles. The zero-order chi connectivity index (χ0) is 16.0. The Bertz CT molecular complexity index is 894. The van der Waals surface area contributed by atoms with Crippen LogP contribution in [0.2, 0.25) is 0 Å². The van der Waals surface area contributed by atoms with E-state index in [-0.39, 0.29) is 12.7 Å². The van der Waals surface area contributed by atoms with Crippen LogP contribution >= 0.6 is 11.3 Å². The van der Waals surface area contributed by atoms with Gasteiger partial charge in [-0.3, -0.25) is 10.1 Å². The number of anilines is 1. The number of ether oxygens (including phenoxy) is 2. The Kier molecular flexibility index (Phi) is 3.20. The fourth-order valence-electron chi connectivity index (χ4n) is 2.44. The maximum atomic E-state index is 12.4. The molecular weight excluding hydrogens is 312 g/mol. The molecule has 1 N–H and O–H groups in total. The largest absolute Gasteiger partial charge is 0.454 e. The molecule has 0 saturated heterocycles. The van der Waals surface area contributed by atoms with Crippen molar-refractivity contribution in [1.29, 1.82) is 0 Å². The highest BCUT2D eigenvalue weighted by atomic mass is 32.1. The number of benzene rings is 2. The van der Waals surface area contributed by atoms with E-state index in [9.17, 15) is 4.79 Å². The molecule has 1 aromatic heterocycles. The van der Waals surface area contributed by atoms with Crippen LogP contribution in [0.5, 0.6) is 11.5 Å². The van der Waals surface area contributed by atoms with Crippen LogP contribution in [0.3, 0.4) is 0 Å². The van der Waals surface area contributed by atoms with Gasteiger partial charge in [-0.1, -0.05) is 11.3 Å². The average molecular weight is 326 g/mol. The Morgan fingerprint density at radius 3 is 2.78 bits per heavy atom. The van der Waals surface area contributed by atoms with Crippen molar-refractivity contribution in [2.45, 2.75) is 13.8 Å². The first-order chi connectivity index (χ1) is 11.1. The Morgan fingerprint density at radius 2 is 1.91 bits per heavy atom. The maximum Gasteiger partial charge on any atom is 0.257 e. The Morgan fingerprint density at radius 1 is 1.13 bits per heavy atom. The molecule has 0 saturated carbocycles. The second-order valence-corrected chi connectivity index (χ2v) is 6.48. The number of rotatable bonds is 2. The predicted molar refractivity (Wildman–Crippen MR) is 89.6 cm³/mol. The lowest BCUT2D eigenvalue weighted by atomic mass is 10.1. The monoisotopic (exact) mass is 326 g/mol. The second kappa shape index (κ2) is 5.24. The number of fused-ring (bicyclic) bond motifs is 2. The summed E-state index contributed by atoms with van der Waals surface area (Å²) in [5.41, 5.74) is 3.83. The van der Waals surface area contributed by atoms with Crippen LogP contribution in [-0.2, 0) is 0 Å². The summed E-state index contributed by atoms with van der Waals surface area (Å²) in [5.74, 6) is 1.04. The van der Waals surface area contributed by atoms with Gasteiger partial charge in [0.2, 0.25) is 6.79 Å². The number of carbonyl (C=O) groups excluding carboxylic acids is 1. The fraction of sp³-hybridized carbons (Fsp3) is 0.176. The van der Waals surface area contributed by atoms with Crippen LogP contribution in [0.4, 0.5) is 5.13 Å². The van der Waals surface area contributed by atoms with Gasteiger partial charge in [-0.2, -0.15) is 0 Å². The first-order valence-corrected chi connectivity index (χ1v) is 8.00. The van der Waals surface area contributed by atoms with E-state index in [1.807, 2.05) is 6.07 Å². The van der Waals surface area contributed by atoms with Gasteiger partial charge in [0.05, 0.1) is 10.2 Å². The minimum Gasteiger partial charge on any atom is -0.454 e. The molecule has 6 heteroatoms. The lowest BCUT2D eigenvalue weighted by Gasteiger charge is -2.02. The Balaban J connectivity index is 1.61. The summed E-state index contributed by atoms with van der Waals surface area (Å²) >= 11 is 1.47. The van der Waals surface area contributed by atoms with Gasteiger partial charge in [-0.15, -0.1) is 0 Å². The van der Waals surface area contributed by atoms with Crippen molar-refractivity contribution in [3.63, 3.8) is 0 Å². The number of aryl methyl sites for hydroxylation is 2. The molecule has 2 aromatic carbocycles. The summed E-state index contributed by atoms with van der Waals surface area (Å²) in [5, 5.41) is 3.44. The summed E-state index contributed by atoms with van der Waals surface area (Å²) in [6.45, 7) is 4.31. The van der Waals surface area contributed by atoms with Gasteiger partial charge >= 0.3 is 0 Å². The number of carbonyl (C=O) groups is 1. The maximum absolute atomic E-state index is 12.4. The third-order valence-electron chi connectivity index (χ3n) is 3.86. The van der Waals surface area contributed by atoms with E-state index >= 15 is 0 Å². The predicted octanol–water partition coefficient (Wildman–Crippen LogP) is 3.89. The minimum absolute atomic E-state index is 0.191. The number of nitrogens with zero attached hydrogens (tertiary/aromatic N) is 1. The van der Waals surface area contributed by atoms with Gasteiger partial charge < -0.3 is 9.47 Å². The highest BCUT2D eigenvalue weighted by molar-refractivity contribution is 7.22. The van der Waals surface area contributed by atoms with Gasteiger partial charge in [-0.05, 0) is 55.3 Å². The van der Waals surface area contributed by atoms with Crippen molar-refractivity contribution in [3.8, 4) is 11.5 Å². The van der Waals surface area contributed by atoms with Crippen LogP contribution in [0.1, 0.15) is 21.5 Å². The smallest absolute Gasteiger partial charge is 0.257 e. The van der Waals surface area contributed by atoms with Crippen molar-refractivity contribution in [2.75, 3.05) is 12.1 Å². The van der Waals surface area contributed by atoms with Crippen LogP contribution < -0.4 is 14.8 Å². The highest BCUT2D eigenvalue weighted by Crippen LogP contribution is 2.33. The van der Waals surface area contributed by atoms with Crippen LogP contribution in [0.15, 0.2) is 30.3 Å². The lowest BCUT2D eigenvalue weighted by molar-refractivity contribution is 0.102. The van der Waals surface area contributed by atoms with Crippen molar-refractivity contribution in [2.24, 2.45) is 0 Å². The van der Waals surface area contributed by atoms with Gasteiger partial charge in [0.25, 0.3) is 5.91 Å². The third-order valence-corrected chi connectivity index (χ3v) is 4.79. The molecular formula is C17H14N2O3S. The van der Waals surface area contributed by atoms with E-state index in [2.05, 4.69) is 30.2 Å². The first-order valence-electron chi connectivity index (χ1n) is 7.19. The molecule has 0 radical (unpaired) electrons. The SMILES string of the molecule is Cc1cc2nc(NC(=O)c3ccc4c(c3)OCO4)sc2cc1C. The molecule has 1 aliphatic rings. The molecule has 0 fully saturated rings. The zero-order valence-electron chi connectivity index (χ0n) is 12.7. The van der Waals surface area contributed by atoms with Gasteiger partial charge in [-0.25, -0.2) is 4.98 Å². The van der Waals surface area contributed by atoms with E-state index in [1.54, 1.807) is 18.2 Å². The number of hydrogen-bond acceptors (Lipinski definition) is 5. The van der Waals surface area contributed by atoms with E-state index in [4.69, 9.17) is 9.47 Å². The van der Waals surface area contributed by atoms with E-state index in [0.717, 1.165) is 10.2 Å². The van der Waals surface area contributed by atoms with Crippen molar-refractivity contribution >= 4 is 32.6 Å². The molecule has 0 unspecified atom stereocenters. The molecule has 4 rings (SSSR count). The quantitative estimate of drug-likeness (QED) is 0.776. The molecule has 0 spiro atoms.